The van der Waals surface area contributed by atoms with Crippen molar-refractivity contribution >= 4 is 33.2 Å². The van der Waals surface area contributed by atoms with Gasteiger partial charge in [-0.05, 0) is 40.2 Å². The number of halogens is 2. The highest BCUT2D eigenvalue weighted by Crippen LogP contribution is 2.36. The second-order valence-electron chi connectivity index (χ2n) is 3.83. The zero-order valence-corrected chi connectivity index (χ0v) is 12.5. The highest BCUT2D eigenvalue weighted by molar-refractivity contribution is 9.10. The van der Waals surface area contributed by atoms with E-state index in [9.17, 15) is 5.11 Å². The van der Waals surface area contributed by atoms with Gasteiger partial charge in [0.15, 0.2) is 5.75 Å². The third-order valence-electron chi connectivity index (χ3n) is 2.48. The highest BCUT2D eigenvalue weighted by atomic mass is 79.9. The Morgan fingerprint density at radius 3 is 2.84 bits per heavy atom. The summed E-state index contributed by atoms with van der Waals surface area (Å²) in [6.45, 7) is 0.503. The molecule has 2 aromatic rings. The van der Waals surface area contributed by atoms with Gasteiger partial charge < -0.3 is 15.2 Å². The Labute approximate surface area is 124 Å². The molecule has 1 aromatic heterocycles. The van der Waals surface area contributed by atoms with Crippen LogP contribution in [-0.4, -0.2) is 17.2 Å². The van der Waals surface area contributed by atoms with Crippen molar-refractivity contribution in [1.29, 1.82) is 0 Å². The average Bonchev–Trinajstić information content (AvgIpc) is 2.37. The largest absolute Gasteiger partial charge is 0.506 e. The summed E-state index contributed by atoms with van der Waals surface area (Å²) in [5, 5.41) is 13.0. The van der Waals surface area contributed by atoms with Gasteiger partial charge in [-0.1, -0.05) is 11.6 Å². The van der Waals surface area contributed by atoms with Crippen LogP contribution in [-0.2, 0) is 6.54 Å². The summed E-state index contributed by atoms with van der Waals surface area (Å²) in [5.74, 6) is 0.829. The standard InChI is InChI=1S/C13H12BrClN2O2/c1-19-13-11(14)4-8(15)5-12(13)17-6-9-2-3-10(18)7-16-9/h2-5,7,17-18H,6H2,1H3. The van der Waals surface area contributed by atoms with Crippen molar-refractivity contribution in [3.8, 4) is 11.5 Å². The molecule has 2 rings (SSSR count). The van der Waals surface area contributed by atoms with Gasteiger partial charge in [0.05, 0.1) is 35.7 Å². The normalized spacial score (nSPS) is 10.3. The van der Waals surface area contributed by atoms with E-state index in [0.717, 1.165) is 15.9 Å². The molecule has 1 heterocycles. The Morgan fingerprint density at radius 2 is 2.21 bits per heavy atom. The molecular formula is C13H12BrClN2O2. The maximum absolute atomic E-state index is 9.17. The molecule has 0 radical (unpaired) electrons. The van der Waals surface area contributed by atoms with Crippen LogP contribution in [0.5, 0.6) is 11.5 Å². The minimum atomic E-state index is 0.145. The molecule has 1 aromatic carbocycles. The lowest BCUT2D eigenvalue weighted by Crippen LogP contribution is -2.03. The molecule has 0 spiro atoms. The highest BCUT2D eigenvalue weighted by Gasteiger charge is 2.09. The first-order valence-corrected chi connectivity index (χ1v) is 6.68. The number of benzene rings is 1. The minimum Gasteiger partial charge on any atom is -0.506 e. The predicted molar refractivity (Wildman–Crippen MR) is 78.9 cm³/mol. The SMILES string of the molecule is COc1c(Br)cc(Cl)cc1NCc1ccc(O)cn1. The molecule has 100 valence electrons. The van der Waals surface area contributed by atoms with Crippen LogP contribution in [0.2, 0.25) is 5.02 Å². The number of anilines is 1. The first kappa shape index (κ1) is 14.0. The van der Waals surface area contributed by atoms with Crippen LogP contribution in [0.3, 0.4) is 0 Å². The fourth-order valence-corrected chi connectivity index (χ4v) is 2.58. The van der Waals surface area contributed by atoms with Crippen LogP contribution >= 0.6 is 27.5 Å². The Morgan fingerprint density at radius 1 is 1.42 bits per heavy atom. The zero-order valence-electron chi connectivity index (χ0n) is 10.2. The smallest absolute Gasteiger partial charge is 0.156 e. The van der Waals surface area contributed by atoms with Gasteiger partial charge in [-0.3, -0.25) is 4.98 Å². The fourth-order valence-electron chi connectivity index (χ4n) is 1.61. The maximum atomic E-state index is 9.17. The number of ether oxygens (including phenoxy) is 1. The van der Waals surface area contributed by atoms with E-state index in [-0.39, 0.29) is 5.75 Å². The minimum absolute atomic E-state index is 0.145. The van der Waals surface area contributed by atoms with E-state index in [4.69, 9.17) is 16.3 Å². The van der Waals surface area contributed by atoms with Gasteiger partial charge in [-0.2, -0.15) is 0 Å². The van der Waals surface area contributed by atoms with E-state index in [1.165, 1.54) is 6.20 Å². The van der Waals surface area contributed by atoms with Crippen LogP contribution in [0.1, 0.15) is 5.69 Å². The summed E-state index contributed by atoms with van der Waals surface area (Å²) in [4.78, 5) is 4.10. The molecule has 2 N–H and O–H groups in total. The van der Waals surface area contributed by atoms with Crippen molar-refractivity contribution in [3.05, 3.63) is 45.7 Å². The van der Waals surface area contributed by atoms with Gasteiger partial charge in [-0.25, -0.2) is 0 Å². The molecule has 0 saturated heterocycles. The maximum Gasteiger partial charge on any atom is 0.156 e. The number of aromatic hydroxyl groups is 1. The Bertz CT molecular complexity index is 576. The second kappa shape index (κ2) is 6.12. The number of aromatic nitrogens is 1. The van der Waals surface area contributed by atoms with E-state index in [0.29, 0.717) is 17.3 Å². The molecule has 0 unspecified atom stereocenters. The lowest BCUT2D eigenvalue weighted by atomic mass is 10.2. The van der Waals surface area contributed by atoms with Crippen LogP contribution in [0, 0.1) is 0 Å². The van der Waals surface area contributed by atoms with E-state index in [2.05, 4.69) is 26.2 Å². The van der Waals surface area contributed by atoms with Gasteiger partial charge in [0.2, 0.25) is 0 Å². The Kier molecular flexibility index (Phi) is 4.50. The molecular weight excluding hydrogens is 332 g/mol. The molecule has 0 amide bonds. The Hall–Kier alpha value is -1.46. The molecule has 6 heteroatoms. The molecule has 0 aliphatic rings. The molecule has 0 saturated carbocycles. The lowest BCUT2D eigenvalue weighted by molar-refractivity contribution is 0.414. The number of hydrogen-bond donors (Lipinski definition) is 2. The first-order valence-electron chi connectivity index (χ1n) is 5.51. The van der Waals surface area contributed by atoms with Crippen molar-refractivity contribution in [2.24, 2.45) is 0 Å². The summed E-state index contributed by atoms with van der Waals surface area (Å²) < 4.78 is 6.09. The number of nitrogens with one attached hydrogen (secondary N) is 1. The number of nitrogens with zero attached hydrogens (tertiary/aromatic N) is 1. The second-order valence-corrected chi connectivity index (χ2v) is 5.12. The van der Waals surface area contributed by atoms with Gasteiger partial charge in [-0.15, -0.1) is 0 Å². The summed E-state index contributed by atoms with van der Waals surface area (Å²) in [6.07, 6.45) is 1.40. The number of rotatable bonds is 4. The third-order valence-corrected chi connectivity index (χ3v) is 3.29. The van der Waals surface area contributed by atoms with Crippen LogP contribution in [0.15, 0.2) is 34.9 Å². The van der Waals surface area contributed by atoms with Crippen molar-refractivity contribution in [2.75, 3.05) is 12.4 Å². The molecule has 19 heavy (non-hydrogen) atoms. The predicted octanol–water partition coefficient (Wildman–Crippen LogP) is 3.82. The van der Waals surface area contributed by atoms with E-state index in [1.54, 1.807) is 31.4 Å². The monoisotopic (exact) mass is 342 g/mol. The summed E-state index contributed by atoms with van der Waals surface area (Å²) in [7, 11) is 1.60. The van der Waals surface area contributed by atoms with Crippen LogP contribution in [0.25, 0.3) is 0 Å². The third kappa shape index (κ3) is 3.52. The molecule has 4 nitrogen and oxygen atoms in total. The summed E-state index contributed by atoms with van der Waals surface area (Å²) in [6, 6.07) is 6.89. The van der Waals surface area contributed by atoms with Gasteiger partial charge in [0, 0.05) is 5.02 Å². The molecule has 0 atom stereocenters. The average molecular weight is 344 g/mol. The first-order chi connectivity index (χ1) is 9.10. The number of pyridine rings is 1. The molecule has 0 bridgehead atoms. The fraction of sp³-hybridized carbons (Fsp3) is 0.154. The summed E-state index contributed by atoms with van der Waals surface area (Å²) in [5.41, 5.74) is 1.58. The Balaban J connectivity index is 2.17. The van der Waals surface area contributed by atoms with E-state index >= 15 is 0 Å². The number of methoxy groups -OCH3 is 1. The molecule has 0 fully saturated rings. The van der Waals surface area contributed by atoms with E-state index < -0.39 is 0 Å². The van der Waals surface area contributed by atoms with E-state index in [1.807, 2.05) is 0 Å². The van der Waals surface area contributed by atoms with Crippen molar-refractivity contribution in [1.82, 2.24) is 4.98 Å². The van der Waals surface area contributed by atoms with Crippen molar-refractivity contribution in [3.63, 3.8) is 0 Å². The van der Waals surface area contributed by atoms with Crippen molar-refractivity contribution in [2.45, 2.75) is 6.54 Å². The van der Waals surface area contributed by atoms with Crippen LogP contribution in [0.4, 0.5) is 5.69 Å². The quantitative estimate of drug-likeness (QED) is 0.886. The topological polar surface area (TPSA) is 54.4 Å². The van der Waals surface area contributed by atoms with Gasteiger partial charge in [0.25, 0.3) is 0 Å². The number of hydrogen-bond acceptors (Lipinski definition) is 4. The van der Waals surface area contributed by atoms with Crippen molar-refractivity contribution < 1.29 is 9.84 Å². The zero-order chi connectivity index (χ0) is 13.8. The molecule has 0 aliphatic heterocycles. The van der Waals surface area contributed by atoms with Gasteiger partial charge >= 0.3 is 0 Å². The van der Waals surface area contributed by atoms with Crippen LogP contribution < -0.4 is 10.1 Å². The summed E-state index contributed by atoms with van der Waals surface area (Å²) >= 11 is 9.40. The van der Waals surface area contributed by atoms with Gasteiger partial charge in [0.1, 0.15) is 5.75 Å². The molecule has 0 aliphatic carbocycles. The lowest BCUT2D eigenvalue weighted by Gasteiger charge is -2.13.